The molecule has 0 atom stereocenters. The third-order valence-electron chi connectivity index (χ3n) is 2.92. The first-order valence-corrected chi connectivity index (χ1v) is 6.99. The van der Waals surface area contributed by atoms with Crippen molar-refractivity contribution in [2.24, 2.45) is 0 Å². The SMILES string of the molecule is O=[N+]([O-])c1ccc(SCc2ccccc2)c2c1no[n+]2[O-]. The Morgan fingerprint density at radius 3 is 2.71 bits per heavy atom. The van der Waals surface area contributed by atoms with Gasteiger partial charge in [-0.3, -0.25) is 14.7 Å². The van der Waals surface area contributed by atoms with E-state index >= 15 is 0 Å². The van der Waals surface area contributed by atoms with Crippen LogP contribution in [0.5, 0.6) is 0 Å². The number of nitro benzene ring substituents is 1. The molecular formula is C13H9N3O4S. The minimum atomic E-state index is -0.587. The van der Waals surface area contributed by atoms with Gasteiger partial charge < -0.3 is 5.21 Å². The van der Waals surface area contributed by atoms with E-state index in [9.17, 15) is 15.3 Å². The van der Waals surface area contributed by atoms with E-state index in [0.717, 1.165) is 5.56 Å². The van der Waals surface area contributed by atoms with Crippen molar-refractivity contribution in [1.29, 1.82) is 0 Å². The highest BCUT2D eigenvalue weighted by atomic mass is 32.2. The smallest absolute Gasteiger partial charge is 0.327 e. The molecule has 0 aliphatic carbocycles. The van der Waals surface area contributed by atoms with Gasteiger partial charge in [-0.2, -0.15) is 0 Å². The van der Waals surface area contributed by atoms with E-state index in [-0.39, 0.29) is 21.6 Å². The molecule has 0 bridgehead atoms. The van der Waals surface area contributed by atoms with Gasteiger partial charge in [-0.05, 0) is 16.5 Å². The highest BCUT2D eigenvalue weighted by molar-refractivity contribution is 7.98. The van der Waals surface area contributed by atoms with Crippen LogP contribution in [0.15, 0.2) is 52.0 Å². The molecule has 0 N–H and O–H groups in total. The van der Waals surface area contributed by atoms with Crippen LogP contribution in [0.3, 0.4) is 0 Å². The van der Waals surface area contributed by atoms with Crippen LogP contribution >= 0.6 is 11.8 Å². The van der Waals surface area contributed by atoms with Crippen molar-refractivity contribution < 1.29 is 14.5 Å². The Labute approximate surface area is 122 Å². The molecule has 0 amide bonds. The molecule has 0 saturated carbocycles. The van der Waals surface area contributed by atoms with E-state index in [1.807, 2.05) is 30.3 Å². The summed E-state index contributed by atoms with van der Waals surface area (Å²) in [6.07, 6.45) is 0. The topological polar surface area (TPSA) is 96.1 Å². The third kappa shape index (κ3) is 2.52. The quantitative estimate of drug-likeness (QED) is 0.318. The van der Waals surface area contributed by atoms with E-state index < -0.39 is 4.92 Å². The molecule has 3 rings (SSSR count). The molecule has 2 aromatic carbocycles. The maximum absolute atomic E-state index is 11.6. The number of nitrogens with zero attached hydrogens (tertiary/aromatic N) is 3. The van der Waals surface area contributed by atoms with Crippen LogP contribution in [-0.2, 0) is 5.75 Å². The lowest BCUT2D eigenvalue weighted by molar-refractivity contribution is -0.783. The Morgan fingerprint density at radius 2 is 2.00 bits per heavy atom. The summed E-state index contributed by atoms with van der Waals surface area (Å²) in [5, 5.41) is 26.0. The molecule has 0 unspecified atom stereocenters. The second-order valence-corrected chi connectivity index (χ2v) is 5.26. The summed E-state index contributed by atoms with van der Waals surface area (Å²) in [5.41, 5.74) is 0.897. The number of non-ortho nitro benzene ring substituents is 1. The molecule has 8 heteroatoms. The molecule has 0 radical (unpaired) electrons. The normalized spacial score (nSPS) is 10.9. The fourth-order valence-electron chi connectivity index (χ4n) is 1.93. The fourth-order valence-corrected chi connectivity index (χ4v) is 2.92. The predicted octanol–water partition coefficient (Wildman–Crippen LogP) is 2.66. The molecule has 0 aliphatic heterocycles. The van der Waals surface area contributed by atoms with Crippen LogP contribution in [0.2, 0.25) is 0 Å². The summed E-state index contributed by atoms with van der Waals surface area (Å²) in [7, 11) is 0. The van der Waals surface area contributed by atoms with E-state index in [1.165, 1.54) is 17.8 Å². The van der Waals surface area contributed by atoms with Crippen LogP contribution in [0.4, 0.5) is 5.69 Å². The van der Waals surface area contributed by atoms with Gasteiger partial charge in [-0.25, -0.2) is 0 Å². The standard InChI is InChI=1S/C13H9N3O4S/c17-15(18)10-6-7-11(13-12(10)14-20-16(13)19)21-8-9-4-2-1-3-5-9/h1-7H,8H2. The lowest BCUT2D eigenvalue weighted by Crippen LogP contribution is -2.23. The summed E-state index contributed by atoms with van der Waals surface area (Å²) in [4.78, 5) is 11.1. The summed E-state index contributed by atoms with van der Waals surface area (Å²) < 4.78 is 4.49. The van der Waals surface area contributed by atoms with Crippen LogP contribution in [0.1, 0.15) is 5.56 Å². The van der Waals surface area contributed by atoms with Crippen molar-refractivity contribution in [2.75, 3.05) is 0 Å². The maximum atomic E-state index is 11.6. The summed E-state index contributed by atoms with van der Waals surface area (Å²) in [6.45, 7) is 0. The van der Waals surface area contributed by atoms with Gasteiger partial charge in [0.1, 0.15) is 0 Å². The minimum Gasteiger partial charge on any atom is -0.359 e. The zero-order chi connectivity index (χ0) is 14.8. The molecule has 21 heavy (non-hydrogen) atoms. The number of thioether (sulfide) groups is 1. The lowest BCUT2D eigenvalue weighted by Gasteiger charge is -2.02. The molecule has 1 heterocycles. The fraction of sp³-hybridized carbons (Fsp3) is 0.0769. The van der Waals surface area contributed by atoms with Gasteiger partial charge in [0.25, 0.3) is 0 Å². The average Bonchev–Trinajstić information content (AvgIpc) is 2.88. The first-order chi connectivity index (χ1) is 10.2. The molecule has 0 spiro atoms. The second-order valence-electron chi connectivity index (χ2n) is 4.24. The summed E-state index contributed by atoms with van der Waals surface area (Å²) in [5.74, 6) is 0.638. The monoisotopic (exact) mass is 303 g/mol. The first-order valence-electron chi connectivity index (χ1n) is 6.00. The van der Waals surface area contributed by atoms with Crippen LogP contribution < -0.4 is 4.90 Å². The van der Waals surface area contributed by atoms with Crippen molar-refractivity contribution in [2.45, 2.75) is 10.6 Å². The molecule has 0 saturated heterocycles. The molecule has 106 valence electrons. The summed E-state index contributed by atoms with van der Waals surface area (Å²) in [6, 6.07) is 12.6. The van der Waals surface area contributed by atoms with Crippen LogP contribution in [0.25, 0.3) is 11.0 Å². The average molecular weight is 303 g/mol. The van der Waals surface area contributed by atoms with E-state index in [1.54, 1.807) is 6.07 Å². The molecule has 7 nitrogen and oxygen atoms in total. The number of rotatable bonds is 4. The Hall–Kier alpha value is -2.61. The zero-order valence-corrected chi connectivity index (χ0v) is 11.4. The highest BCUT2D eigenvalue weighted by Gasteiger charge is 2.26. The Bertz CT molecular complexity index is 804. The van der Waals surface area contributed by atoms with Gasteiger partial charge in [0.2, 0.25) is 5.52 Å². The Balaban J connectivity index is 1.98. The van der Waals surface area contributed by atoms with Gasteiger partial charge in [-0.15, -0.1) is 11.8 Å². The van der Waals surface area contributed by atoms with Gasteiger partial charge in [0.05, 0.1) is 15.0 Å². The number of benzene rings is 2. The number of aromatic nitrogens is 2. The first kappa shape index (κ1) is 13.4. The number of hydrogen-bond donors (Lipinski definition) is 0. The van der Waals surface area contributed by atoms with Gasteiger partial charge in [-0.1, -0.05) is 30.3 Å². The van der Waals surface area contributed by atoms with Crippen molar-refractivity contribution in [3.8, 4) is 0 Å². The van der Waals surface area contributed by atoms with E-state index in [0.29, 0.717) is 10.6 Å². The summed E-state index contributed by atoms with van der Waals surface area (Å²) >= 11 is 1.40. The van der Waals surface area contributed by atoms with Crippen molar-refractivity contribution in [3.63, 3.8) is 0 Å². The van der Waals surface area contributed by atoms with Crippen LogP contribution in [-0.4, -0.2) is 10.1 Å². The van der Waals surface area contributed by atoms with Gasteiger partial charge in [0.15, 0.2) is 0 Å². The molecule has 1 aromatic heterocycles. The van der Waals surface area contributed by atoms with Crippen molar-refractivity contribution in [1.82, 2.24) is 5.16 Å². The van der Waals surface area contributed by atoms with Crippen molar-refractivity contribution in [3.05, 3.63) is 63.3 Å². The Morgan fingerprint density at radius 1 is 1.24 bits per heavy atom. The largest absolute Gasteiger partial charge is 0.359 e. The number of hydrogen-bond acceptors (Lipinski definition) is 6. The third-order valence-corrected chi connectivity index (χ3v) is 4.03. The molecule has 0 aliphatic rings. The highest BCUT2D eigenvalue weighted by Crippen LogP contribution is 2.32. The maximum Gasteiger partial charge on any atom is 0.327 e. The number of nitro groups is 1. The molecule has 0 fully saturated rings. The second kappa shape index (κ2) is 5.41. The van der Waals surface area contributed by atoms with E-state index in [2.05, 4.69) is 9.79 Å². The minimum absolute atomic E-state index is 0.0342. The Kier molecular flexibility index (Phi) is 3.44. The van der Waals surface area contributed by atoms with E-state index in [4.69, 9.17) is 0 Å². The van der Waals surface area contributed by atoms with Gasteiger partial charge >= 0.3 is 11.2 Å². The molecule has 3 aromatic rings. The number of fused-ring (bicyclic) bond motifs is 1. The zero-order valence-electron chi connectivity index (χ0n) is 10.6. The molecular weight excluding hydrogens is 294 g/mol. The predicted molar refractivity (Wildman–Crippen MR) is 75.6 cm³/mol. The lowest BCUT2D eigenvalue weighted by atomic mass is 10.2. The van der Waals surface area contributed by atoms with Crippen molar-refractivity contribution >= 4 is 28.5 Å². The van der Waals surface area contributed by atoms with Crippen LogP contribution in [0, 0.1) is 15.3 Å². The van der Waals surface area contributed by atoms with Gasteiger partial charge in [0, 0.05) is 11.8 Å².